The lowest BCUT2D eigenvalue weighted by molar-refractivity contribution is 0.0979. The van der Waals surface area contributed by atoms with Gasteiger partial charge in [-0.1, -0.05) is 17.7 Å². The molecule has 0 unspecified atom stereocenters. The summed E-state index contributed by atoms with van der Waals surface area (Å²) in [6, 6.07) is 4.12. The molecule has 0 fully saturated rings. The molecule has 0 aliphatic rings. The Kier molecular flexibility index (Phi) is 6.02. The van der Waals surface area contributed by atoms with Crippen LogP contribution in [0.4, 0.5) is 0 Å². The maximum absolute atomic E-state index is 12.2. The topological polar surface area (TPSA) is 49.3 Å². The largest absolute Gasteiger partial charge is 0.395 e. The Labute approximate surface area is 109 Å². The zero-order chi connectivity index (χ0) is 13.5. The molecule has 0 atom stereocenters. The first kappa shape index (κ1) is 14.9. The van der Waals surface area contributed by atoms with Crippen molar-refractivity contribution in [1.29, 1.82) is 0 Å². The van der Waals surface area contributed by atoms with E-state index in [1.54, 1.807) is 0 Å². The van der Waals surface area contributed by atoms with Gasteiger partial charge in [0.2, 0.25) is 0 Å². The number of aryl methyl sites for hydroxylation is 3. The minimum atomic E-state index is 0.143. The fourth-order valence-corrected chi connectivity index (χ4v) is 2.32. The Bertz CT molecular complexity index is 390. The van der Waals surface area contributed by atoms with Crippen molar-refractivity contribution in [2.24, 2.45) is 0 Å². The van der Waals surface area contributed by atoms with E-state index in [0.29, 0.717) is 13.0 Å². The van der Waals surface area contributed by atoms with Crippen LogP contribution < -0.4 is 5.32 Å². The Morgan fingerprint density at radius 2 is 1.78 bits per heavy atom. The number of benzene rings is 1. The van der Waals surface area contributed by atoms with E-state index in [2.05, 4.69) is 17.4 Å². The third-order valence-corrected chi connectivity index (χ3v) is 3.00. The number of carbonyl (C=O) groups is 1. The Morgan fingerprint density at radius 1 is 1.17 bits per heavy atom. The van der Waals surface area contributed by atoms with Crippen LogP contribution in [0.1, 0.15) is 39.9 Å². The summed E-state index contributed by atoms with van der Waals surface area (Å²) in [5.74, 6) is 0.218. The number of Topliss-reactive ketones (excluding diaryl/α,β-unsaturated/α-hetero) is 1. The minimum Gasteiger partial charge on any atom is -0.395 e. The molecular formula is C15H23NO2. The highest BCUT2D eigenvalue weighted by atomic mass is 16.3. The predicted molar refractivity (Wildman–Crippen MR) is 74.2 cm³/mol. The van der Waals surface area contributed by atoms with Crippen LogP contribution in [0.5, 0.6) is 0 Å². The van der Waals surface area contributed by atoms with Crippen molar-refractivity contribution in [3.8, 4) is 0 Å². The van der Waals surface area contributed by atoms with E-state index < -0.39 is 0 Å². The summed E-state index contributed by atoms with van der Waals surface area (Å²) in [6.45, 7) is 7.55. The molecule has 1 aromatic carbocycles. The number of ketones is 1. The first-order valence-corrected chi connectivity index (χ1v) is 6.49. The van der Waals surface area contributed by atoms with Gasteiger partial charge in [-0.3, -0.25) is 4.79 Å². The zero-order valence-corrected chi connectivity index (χ0v) is 11.5. The van der Waals surface area contributed by atoms with Crippen LogP contribution in [0.3, 0.4) is 0 Å². The number of aliphatic hydroxyl groups is 1. The maximum atomic E-state index is 12.2. The minimum absolute atomic E-state index is 0.143. The molecule has 0 bridgehead atoms. The fraction of sp³-hybridized carbons (Fsp3) is 0.533. The molecule has 0 aliphatic heterocycles. The zero-order valence-electron chi connectivity index (χ0n) is 11.5. The van der Waals surface area contributed by atoms with Crippen LogP contribution in [-0.2, 0) is 0 Å². The molecule has 3 heteroatoms. The van der Waals surface area contributed by atoms with Crippen molar-refractivity contribution in [3.63, 3.8) is 0 Å². The quantitative estimate of drug-likeness (QED) is 0.575. The van der Waals surface area contributed by atoms with E-state index in [0.717, 1.165) is 29.7 Å². The molecule has 0 saturated carbocycles. The van der Waals surface area contributed by atoms with Gasteiger partial charge in [-0.05, 0) is 44.9 Å². The van der Waals surface area contributed by atoms with Crippen LogP contribution in [0, 0.1) is 20.8 Å². The summed E-state index contributed by atoms with van der Waals surface area (Å²) < 4.78 is 0. The van der Waals surface area contributed by atoms with E-state index >= 15 is 0 Å². The monoisotopic (exact) mass is 249 g/mol. The Hall–Kier alpha value is -1.19. The average molecular weight is 249 g/mol. The molecule has 0 spiro atoms. The lowest BCUT2D eigenvalue weighted by atomic mass is 9.94. The van der Waals surface area contributed by atoms with Crippen molar-refractivity contribution < 1.29 is 9.90 Å². The van der Waals surface area contributed by atoms with Crippen molar-refractivity contribution in [3.05, 3.63) is 34.4 Å². The van der Waals surface area contributed by atoms with E-state index in [1.165, 1.54) is 5.56 Å². The Morgan fingerprint density at radius 3 is 2.33 bits per heavy atom. The standard InChI is InChI=1S/C15H23NO2/c1-11-9-12(2)15(13(3)10-11)14(18)5-4-6-16-7-8-17/h9-10,16-17H,4-8H2,1-3H3. The number of hydrogen-bond donors (Lipinski definition) is 2. The fourth-order valence-electron chi connectivity index (χ4n) is 2.32. The SMILES string of the molecule is Cc1cc(C)c(C(=O)CCCNCCO)c(C)c1. The summed E-state index contributed by atoms with van der Waals surface area (Å²) in [6.07, 6.45) is 1.37. The molecule has 100 valence electrons. The van der Waals surface area contributed by atoms with Gasteiger partial charge in [0.1, 0.15) is 0 Å². The molecular weight excluding hydrogens is 226 g/mol. The van der Waals surface area contributed by atoms with Gasteiger partial charge in [0, 0.05) is 18.5 Å². The average Bonchev–Trinajstić information content (AvgIpc) is 2.27. The molecule has 0 saturated heterocycles. The number of carbonyl (C=O) groups excluding carboxylic acids is 1. The lowest BCUT2D eigenvalue weighted by Crippen LogP contribution is -2.20. The van der Waals surface area contributed by atoms with Gasteiger partial charge in [-0.25, -0.2) is 0 Å². The van der Waals surface area contributed by atoms with Gasteiger partial charge in [-0.15, -0.1) is 0 Å². The molecule has 0 aromatic heterocycles. The molecule has 3 nitrogen and oxygen atoms in total. The first-order valence-electron chi connectivity index (χ1n) is 6.49. The first-order chi connectivity index (χ1) is 8.56. The maximum Gasteiger partial charge on any atom is 0.163 e. The second kappa shape index (κ2) is 7.29. The van der Waals surface area contributed by atoms with Gasteiger partial charge < -0.3 is 10.4 Å². The smallest absolute Gasteiger partial charge is 0.163 e. The number of nitrogens with one attached hydrogen (secondary N) is 1. The van der Waals surface area contributed by atoms with Crippen LogP contribution in [0.15, 0.2) is 12.1 Å². The van der Waals surface area contributed by atoms with Gasteiger partial charge >= 0.3 is 0 Å². The van der Waals surface area contributed by atoms with Crippen LogP contribution in [0.2, 0.25) is 0 Å². The molecule has 0 aliphatic carbocycles. The van der Waals surface area contributed by atoms with Crippen LogP contribution in [-0.4, -0.2) is 30.6 Å². The highest BCUT2D eigenvalue weighted by Crippen LogP contribution is 2.18. The van der Waals surface area contributed by atoms with Crippen LogP contribution in [0.25, 0.3) is 0 Å². The van der Waals surface area contributed by atoms with E-state index in [-0.39, 0.29) is 12.4 Å². The second-order valence-electron chi connectivity index (χ2n) is 4.77. The van der Waals surface area contributed by atoms with Crippen molar-refractivity contribution >= 4 is 5.78 Å². The second-order valence-corrected chi connectivity index (χ2v) is 4.77. The van der Waals surface area contributed by atoms with E-state index in [9.17, 15) is 4.79 Å². The van der Waals surface area contributed by atoms with E-state index in [4.69, 9.17) is 5.11 Å². The Balaban J connectivity index is 2.57. The molecule has 0 radical (unpaired) electrons. The highest BCUT2D eigenvalue weighted by Gasteiger charge is 2.12. The summed E-state index contributed by atoms with van der Waals surface area (Å²) in [5, 5.41) is 11.7. The lowest BCUT2D eigenvalue weighted by Gasteiger charge is -2.10. The molecule has 0 amide bonds. The molecule has 0 heterocycles. The van der Waals surface area contributed by atoms with Crippen molar-refractivity contribution in [2.45, 2.75) is 33.6 Å². The highest BCUT2D eigenvalue weighted by molar-refractivity contribution is 5.98. The summed E-state index contributed by atoms with van der Waals surface area (Å²) in [7, 11) is 0. The summed E-state index contributed by atoms with van der Waals surface area (Å²) >= 11 is 0. The normalized spacial score (nSPS) is 10.7. The third kappa shape index (κ3) is 4.24. The van der Waals surface area contributed by atoms with Crippen molar-refractivity contribution in [2.75, 3.05) is 19.7 Å². The molecule has 2 N–H and O–H groups in total. The number of aliphatic hydroxyl groups excluding tert-OH is 1. The van der Waals surface area contributed by atoms with E-state index in [1.807, 2.05) is 20.8 Å². The summed E-state index contributed by atoms with van der Waals surface area (Å²) in [4.78, 5) is 12.2. The summed E-state index contributed by atoms with van der Waals surface area (Å²) in [5.41, 5.74) is 4.22. The van der Waals surface area contributed by atoms with Gasteiger partial charge in [-0.2, -0.15) is 0 Å². The number of rotatable bonds is 7. The van der Waals surface area contributed by atoms with Gasteiger partial charge in [0.15, 0.2) is 5.78 Å². The van der Waals surface area contributed by atoms with Crippen LogP contribution >= 0.6 is 0 Å². The van der Waals surface area contributed by atoms with Gasteiger partial charge in [0.05, 0.1) is 6.61 Å². The molecule has 1 aromatic rings. The number of hydrogen-bond acceptors (Lipinski definition) is 3. The molecule has 18 heavy (non-hydrogen) atoms. The third-order valence-electron chi connectivity index (χ3n) is 3.00. The predicted octanol–water partition coefficient (Wildman–Crippen LogP) is 2.16. The molecule has 1 rings (SSSR count). The van der Waals surface area contributed by atoms with Gasteiger partial charge in [0.25, 0.3) is 0 Å². The van der Waals surface area contributed by atoms with Crippen molar-refractivity contribution in [1.82, 2.24) is 5.32 Å².